The van der Waals surface area contributed by atoms with Gasteiger partial charge in [0.2, 0.25) is 0 Å². The molecule has 0 aliphatic heterocycles. The van der Waals surface area contributed by atoms with Crippen LogP contribution in [0, 0.1) is 6.92 Å². The van der Waals surface area contributed by atoms with Crippen LogP contribution < -0.4 is 10.9 Å². The zero-order chi connectivity index (χ0) is 14.8. The molecule has 2 N–H and O–H groups in total. The van der Waals surface area contributed by atoms with Gasteiger partial charge in [0.1, 0.15) is 0 Å². The van der Waals surface area contributed by atoms with Gasteiger partial charge in [0.05, 0.1) is 5.69 Å². The van der Waals surface area contributed by atoms with Crippen molar-refractivity contribution in [3.05, 3.63) is 63.7 Å². The number of rotatable bonds is 4. The third kappa shape index (κ3) is 2.87. The molecule has 2 aromatic heterocycles. The van der Waals surface area contributed by atoms with Crippen molar-refractivity contribution >= 4 is 10.9 Å². The van der Waals surface area contributed by atoms with Crippen molar-refractivity contribution in [1.29, 1.82) is 0 Å². The maximum absolute atomic E-state index is 12.0. The summed E-state index contributed by atoms with van der Waals surface area (Å²) in [7, 11) is 1.91. The van der Waals surface area contributed by atoms with Crippen molar-refractivity contribution in [3.8, 4) is 0 Å². The molecule has 0 saturated heterocycles. The van der Waals surface area contributed by atoms with Crippen LogP contribution >= 0.6 is 0 Å². The van der Waals surface area contributed by atoms with Crippen LogP contribution in [-0.2, 0) is 20.1 Å². The van der Waals surface area contributed by atoms with Gasteiger partial charge in [0.25, 0.3) is 5.56 Å². The van der Waals surface area contributed by atoms with Gasteiger partial charge >= 0.3 is 0 Å². The fraction of sp³-hybridized carbons (Fsp3) is 0.250. The number of nitrogens with one attached hydrogen (secondary N) is 2. The number of fused-ring (bicyclic) bond motifs is 1. The Bertz CT molecular complexity index is 832. The van der Waals surface area contributed by atoms with E-state index in [2.05, 4.69) is 15.4 Å². The number of para-hydroxylation sites is 1. The lowest BCUT2D eigenvalue weighted by molar-refractivity contribution is 0.685. The first kappa shape index (κ1) is 13.6. The van der Waals surface area contributed by atoms with Gasteiger partial charge in [0, 0.05) is 43.0 Å². The summed E-state index contributed by atoms with van der Waals surface area (Å²) in [5.41, 5.74) is 3.74. The van der Waals surface area contributed by atoms with Crippen LogP contribution in [0.2, 0.25) is 0 Å². The molecule has 3 aromatic rings. The standard InChI is InChI=1S/C16H18N4O/c1-11-14(10-20(2)19-11)9-17-8-13-7-12-5-3-4-6-15(12)18-16(13)21/h3-7,10,17H,8-9H2,1-2H3,(H,18,21). The van der Waals surface area contributed by atoms with E-state index in [0.29, 0.717) is 13.1 Å². The first-order valence-electron chi connectivity index (χ1n) is 6.94. The summed E-state index contributed by atoms with van der Waals surface area (Å²) < 4.78 is 1.80. The number of benzene rings is 1. The number of aromatic nitrogens is 3. The van der Waals surface area contributed by atoms with Gasteiger partial charge in [-0.15, -0.1) is 0 Å². The molecule has 21 heavy (non-hydrogen) atoms. The fourth-order valence-corrected chi connectivity index (χ4v) is 2.48. The SMILES string of the molecule is Cc1nn(C)cc1CNCc1cc2ccccc2[nH]c1=O. The van der Waals surface area contributed by atoms with Crippen molar-refractivity contribution < 1.29 is 0 Å². The van der Waals surface area contributed by atoms with Crippen LogP contribution in [0.1, 0.15) is 16.8 Å². The molecule has 108 valence electrons. The van der Waals surface area contributed by atoms with Crippen LogP contribution in [0.25, 0.3) is 10.9 Å². The highest BCUT2D eigenvalue weighted by molar-refractivity contribution is 5.78. The van der Waals surface area contributed by atoms with E-state index >= 15 is 0 Å². The summed E-state index contributed by atoms with van der Waals surface area (Å²) in [6.07, 6.45) is 1.99. The molecule has 0 atom stereocenters. The molecule has 5 heteroatoms. The second kappa shape index (κ2) is 5.54. The van der Waals surface area contributed by atoms with E-state index in [1.54, 1.807) is 4.68 Å². The van der Waals surface area contributed by atoms with Crippen molar-refractivity contribution in [3.63, 3.8) is 0 Å². The molecule has 0 spiro atoms. The largest absolute Gasteiger partial charge is 0.322 e. The van der Waals surface area contributed by atoms with Crippen LogP contribution in [0.3, 0.4) is 0 Å². The molecular weight excluding hydrogens is 264 g/mol. The average Bonchev–Trinajstić information content (AvgIpc) is 2.77. The monoisotopic (exact) mass is 282 g/mol. The third-order valence-electron chi connectivity index (χ3n) is 3.58. The highest BCUT2D eigenvalue weighted by atomic mass is 16.1. The fourth-order valence-electron chi connectivity index (χ4n) is 2.48. The van der Waals surface area contributed by atoms with E-state index in [1.807, 2.05) is 50.5 Å². The number of nitrogens with zero attached hydrogens (tertiary/aromatic N) is 2. The van der Waals surface area contributed by atoms with Crippen LogP contribution in [0.15, 0.2) is 41.3 Å². The van der Waals surface area contributed by atoms with Crippen molar-refractivity contribution in [2.24, 2.45) is 7.05 Å². The number of H-pyrrole nitrogens is 1. The average molecular weight is 282 g/mol. The molecule has 0 unspecified atom stereocenters. The molecule has 0 aliphatic rings. The summed E-state index contributed by atoms with van der Waals surface area (Å²) in [5.74, 6) is 0. The maximum atomic E-state index is 12.0. The third-order valence-corrected chi connectivity index (χ3v) is 3.58. The Labute approximate surface area is 122 Å². The van der Waals surface area contributed by atoms with E-state index in [9.17, 15) is 4.79 Å². The summed E-state index contributed by atoms with van der Waals surface area (Å²) in [4.78, 5) is 14.9. The number of hydrogen-bond acceptors (Lipinski definition) is 3. The van der Waals surface area contributed by atoms with Gasteiger partial charge in [-0.1, -0.05) is 18.2 Å². The number of hydrogen-bond donors (Lipinski definition) is 2. The molecule has 3 rings (SSSR count). The Balaban J connectivity index is 1.74. The molecule has 0 radical (unpaired) electrons. The molecule has 0 amide bonds. The van der Waals surface area contributed by atoms with Gasteiger partial charge in [-0.3, -0.25) is 9.48 Å². The highest BCUT2D eigenvalue weighted by Crippen LogP contribution is 2.10. The maximum Gasteiger partial charge on any atom is 0.252 e. The van der Waals surface area contributed by atoms with Crippen molar-refractivity contribution in [2.75, 3.05) is 0 Å². The zero-order valence-electron chi connectivity index (χ0n) is 12.2. The quantitative estimate of drug-likeness (QED) is 0.768. The number of aryl methyl sites for hydroxylation is 2. The lowest BCUT2D eigenvalue weighted by Gasteiger charge is -2.05. The highest BCUT2D eigenvalue weighted by Gasteiger charge is 2.05. The predicted octanol–water partition coefficient (Wildman–Crippen LogP) is 1.86. The van der Waals surface area contributed by atoms with Gasteiger partial charge in [-0.05, 0) is 24.4 Å². The lowest BCUT2D eigenvalue weighted by atomic mass is 10.1. The summed E-state index contributed by atoms with van der Waals surface area (Å²) in [6.45, 7) is 3.22. The topological polar surface area (TPSA) is 62.7 Å². The van der Waals surface area contributed by atoms with E-state index in [1.165, 1.54) is 0 Å². The minimum atomic E-state index is -0.0379. The Morgan fingerprint density at radius 2 is 2.00 bits per heavy atom. The Kier molecular flexibility index (Phi) is 3.58. The van der Waals surface area contributed by atoms with Gasteiger partial charge in [0.15, 0.2) is 0 Å². The first-order valence-corrected chi connectivity index (χ1v) is 6.94. The second-order valence-corrected chi connectivity index (χ2v) is 5.23. The van der Waals surface area contributed by atoms with Crippen molar-refractivity contribution in [2.45, 2.75) is 20.0 Å². The number of pyridine rings is 1. The zero-order valence-corrected chi connectivity index (χ0v) is 12.2. The molecule has 0 bridgehead atoms. The van der Waals surface area contributed by atoms with Gasteiger partial charge in [-0.2, -0.15) is 5.10 Å². The predicted molar refractivity (Wildman–Crippen MR) is 83.1 cm³/mol. The van der Waals surface area contributed by atoms with Crippen LogP contribution in [-0.4, -0.2) is 14.8 Å². The smallest absolute Gasteiger partial charge is 0.252 e. The summed E-state index contributed by atoms with van der Waals surface area (Å²) >= 11 is 0. The molecule has 2 heterocycles. The molecule has 0 aliphatic carbocycles. The van der Waals surface area contributed by atoms with Crippen LogP contribution in [0.5, 0.6) is 0 Å². The Hall–Kier alpha value is -2.40. The first-order chi connectivity index (χ1) is 10.1. The van der Waals surface area contributed by atoms with E-state index in [0.717, 1.165) is 27.7 Å². The molecule has 0 fully saturated rings. The van der Waals surface area contributed by atoms with Gasteiger partial charge < -0.3 is 10.3 Å². The van der Waals surface area contributed by atoms with E-state index < -0.39 is 0 Å². The van der Waals surface area contributed by atoms with E-state index in [4.69, 9.17) is 0 Å². The Morgan fingerprint density at radius 1 is 1.24 bits per heavy atom. The number of aromatic amines is 1. The minimum absolute atomic E-state index is 0.0379. The summed E-state index contributed by atoms with van der Waals surface area (Å²) in [5, 5.41) is 8.66. The second-order valence-electron chi connectivity index (χ2n) is 5.23. The minimum Gasteiger partial charge on any atom is -0.322 e. The normalized spacial score (nSPS) is 11.1. The molecule has 5 nitrogen and oxygen atoms in total. The molecule has 0 saturated carbocycles. The lowest BCUT2D eigenvalue weighted by Crippen LogP contribution is -2.20. The molecule has 1 aromatic carbocycles. The van der Waals surface area contributed by atoms with Crippen molar-refractivity contribution in [1.82, 2.24) is 20.1 Å². The van der Waals surface area contributed by atoms with Crippen LogP contribution in [0.4, 0.5) is 0 Å². The summed E-state index contributed by atoms with van der Waals surface area (Å²) in [6, 6.07) is 9.74. The molecular formula is C16H18N4O. The van der Waals surface area contributed by atoms with Gasteiger partial charge in [-0.25, -0.2) is 0 Å². The Morgan fingerprint density at radius 3 is 2.76 bits per heavy atom. The van der Waals surface area contributed by atoms with E-state index in [-0.39, 0.29) is 5.56 Å².